The van der Waals surface area contributed by atoms with Crippen LogP contribution in [-0.2, 0) is 6.61 Å². The lowest BCUT2D eigenvalue weighted by molar-refractivity contribution is 0.101. The quantitative estimate of drug-likeness (QED) is 0.556. The molecule has 3 aromatic rings. The molecule has 1 aromatic heterocycles. The normalized spacial score (nSPS) is 12.1. The van der Waals surface area contributed by atoms with Gasteiger partial charge in [-0.1, -0.05) is 61.5 Å². The van der Waals surface area contributed by atoms with E-state index in [1.807, 2.05) is 56.3 Å². The molecule has 1 atom stereocenters. The molecule has 2 N–H and O–H groups in total. The molecule has 0 aliphatic heterocycles. The van der Waals surface area contributed by atoms with Gasteiger partial charge in [-0.3, -0.25) is 0 Å². The molecule has 1 unspecified atom stereocenters. The van der Waals surface area contributed by atoms with E-state index in [9.17, 15) is 5.11 Å². The van der Waals surface area contributed by atoms with Gasteiger partial charge >= 0.3 is 0 Å². The maximum atomic E-state index is 10.0. The van der Waals surface area contributed by atoms with Gasteiger partial charge in [-0.2, -0.15) is 4.98 Å². The number of ether oxygens (including phenoxy) is 2. The molecule has 3 rings (SSSR count). The molecule has 28 heavy (non-hydrogen) atoms. The van der Waals surface area contributed by atoms with Crippen molar-refractivity contribution in [2.75, 3.05) is 13.2 Å². The molecule has 0 fully saturated rings. The van der Waals surface area contributed by atoms with Crippen molar-refractivity contribution in [2.45, 2.75) is 32.6 Å². The molecule has 2 aromatic carbocycles. The lowest BCUT2D eigenvalue weighted by Gasteiger charge is -2.16. The molecule has 7 nitrogen and oxygen atoms in total. The monoisotopic (exact) mass is 383 g/mol. The van der Waals surface area contributed by atoms with Gasteiger partial charge in [0.15, 0.2) is 18.1 Å². The van der Waals surface area contributed by atoms with Crippen LogP contribution in [0.2, 0.25) is 0 Å². The van der Waals surface area contributed by atoms with E-state index in [0.29, 0.717) is 35.8 Å². The minimum atomic E-state index is -0.611. The largest absolute Gasteiger partial charge is 0.487 e. The van der Waals surface area contributed by atoms with Crippen LogP contribution in [0.3, 0.4) is 0 Å². The number of rotatable bonds is 10. The van der Waals surface area contributed by atoms with Crippen molar-refractivity contribution in [1.29, 1.82) is 0 Å². The standard InChI is InChI=1S/C21H25N3O4/c1-15(2)22-12-17(25)13-26-18-10-6-7-11-19(18)27-14-20-23-21(24-28-20)16-8-4-3-5-9-16/h3-11,15,17,22,25H,12-14H2,1-2H3. The maximum Gasteiger partial charge on any atom is 0.264 e. The first kappa shape index (κ1) is 19.9. The minimum Gasteiger partial charge on any atom is -0.487 e. The number of aliphatic hydroxyl groups excluding tert-OH is 1. The Hall–Kier alpha value is -2.90. The fourth-order valence-corrected chi connectivity index (χ4v) is 2.46. The molecule has 0 saturated heterocycles. The number of benzene rings is 2. The maximum absolute atomic E-state index is 10.0. The average Bonchev–Trinajstić information content (AvgIpc) is 3.19. The van der Waals surface area contributed by atoms with Gasteiger partial charge < -0.3 is 24.4 Å². The number of hydrogen-bond donors (Lipinski definition) is 2. The average molecular weight is 383 g/mol. The topological polar surface area (TPSA) is 89.6 Å². The van der Waals surface area contributed by atoms with Gasteiger partial charge in [0.25, 0.3) is 5.89 Å². The molecule has 0 spiro atoms. The van der Waals surface area contributed by atoms with Gasteiger partial charge in [0.2, 0.25) is 5.82 Å². The lowest BCUT2D eigenvalue weighted by Crippen LogP contribution is -2.35. The number of hydrogen-bond acceptors (Lipinski definition) is 7. The predicted molar refractivity (Wildman–Crippen MR) is 105 cm³/mol. The summed E-state index contributed by atoms with van der Waals surface area (Å²) in [6, 6.07) is 17.2. The van der Waals surface area contributed by atoms with Crippen LogP contribution in [0.25, 0.3) is 11.4 Å². The van der Waals surface area contributed by atoms with Crippen LogP contribution in [0.1, 0.15) is 19.7 Å². The van der Waals surface area contributed by atoms with Crippen molar-refractivity contribution in [2.24, 2.45) is 0 Å². The van der Waals surface area contributed by atoms with Crippen LogP contribution in [0.4, 0.5) is 0 Å². The van der Waals surface area contributed by atoms with Crippen molar-refractivity contribution in [3.63, 3.8) is 0 Å². The Bertz CT molecular complexity index is 852. The molecule has 0 aliphatic rings. The second kappa shape index (κ2) is 9.87. The Kier molecular flexibility index (Phi) is 7.00. The summed E-state index contributed by atoms with van der Waals surface area (Å²) < 4.78 is 16.8. The molecule has 0 saturated carbocycles. The molecule has 0 amide bonds. The zero-order valence-electron chi connectivity index (χ0n) is 16.0. The van der Waals surface area contributed by atoms with Crippen molar-refractivity contribution in [3.05, 3.63) is 60.5 Å². The van der Waals surface area contributed by atoms with Crippen molar-refractivity contribution >= 4 is 0 Å². The lowest BCUT2D eigenvalue weighted by atomic mass is 10.2. The number of aliphatic hydroxyl groups is 1. The van der Waals surface area contributed by atoms with E-state index in [2.05, 4.69) is 15.5 Å². The number of nitrogens with one attached hydrogen (secondary N) is 1. The summed E-state index contributed by atoms with van der Waals surface area (Å²) >= 11 is 0. The van der Waals surface area contributed by atoms with Gasteiger partial charge in [-0.15, -0.1) is 0 Å². The van der Waals surface area contributed by atoms with Gasteiger partial charge in [0.1, 0.15) is 12.7 Å². The smallest absolute Gasteiger partial charge is 0.264 e. The van der Waals surface area contributed by atoms with E-state index in [-0.39, 0.29) is 13.2 Å². The molecule has 1 heterocycles. The molecular weight excluding hydrogens is 358 g/mol. The Morgan fingerprint density at radius 2 is 1.68 bits per heavy atom. The summed E-state index contributed by atoms with van der Waals surface area (Å²) in [7, 11) is 0. The third-order valence-corrected chi connectivity index (χ3v) is 3.89. The summed E-state index contributed by atoms with van der Waals surface area (Å²) in [5.41, 5.74) is 0.880. The molecule has 0 aliphatic carbocycles. The first-order valence-corrected chi connectivity index (χ1v) is 9.26. The van der Waals surface area contributed by atoms with Crippen molar-refractivity contribution in [3.8, 4) is 22.9 Å². The highest BCUT2D eigenvalue weighted by molar-refractivity contribution is 5.53. The summed E-state index contributed by atoms with van der Waals surface area (Å²) in [6.07, 6.45) is -0.611. The molecule has 0 radical (unpaired) electrons. The van der Waals surface area contributed by atoms with Crippen LogP contribution in [-0.4, -0.2) is 40.5 Å². The Labute approximate surface area is 164 Å². The number of aromatic nitrogens is 2. The van der Waals surface area contributed by atoms with Crippen LogP contribution in [0.5, 0.6) is 11.5 Å². The molecule has 148 valence electrons. The SMILES string of the molecule is CC(C)NCC(O)COc1ccccc1OCc1nc(-c2ccccc2)no1. The first-order chi connectivity index (χ1) is 13.6. The second-order valence-corrected chi connectivity index (χ2v) is 6.64. The first-order valence-electron chi connectivity index (χ1n) is 9.26. The Morgan fingerprint density at radius 1 is 1.00 bits per heavy atom. The van der Waals surface area contributed by atoms with Crippen molar-refractivity contribution < 1.29 is 19.1 Å². The number of para-hydroxylation sites is 2. The summed E-state index contributed by atoms with van der Waals surface area (Å²) in [4.78, 5) is 4.35. The van der Waals surface area contributed by atoms with E-state index >= 15 is 0 Å². The van der Waals surface area contributed by atoms with Crippen LogP contribution < -0.4 is 14.8 Å². The molecular formula is C21H25N3O4. The van der Waals surface area contributed by atoms with Crippen LogP contribution in [0, 0.1) is 0 Å². The van der Waals surface area contributed by atoms with E-state index in [1.54, 1.807) is 12.1 Å². The van der Waals surface area contributed by atoms with Crippen LogP contribution in [0.15, 0.2) is 59.1 Å². The Balaban J connectivity index is 1.56. The van der Waals surface area contributed by atoms with Crippen LogP contribution >= 0.6 is 0 Å². The fourth-order valence-electron chi connectivity index (χ4n) is 2.46. The fraction of sp³-hybridized carbons (Fsp3) is 0.333. The van der Waals surface area contributed by atoms with Gasteiger partial charge in [0.05, 0.1) is 0 Å². The minimum absolute atomic E-state index is 0.123. The van der Waals surface area contributed by atoms with Crippen molar-refractivity contribution in [1.82, 2.24) is 15.5 Å². The number of nitrogens with zero attached hydrogens (tertiary/aromatic N) is 2. The van der Waals surface area contributed by atoms with E-state index in [1.165, 1.54) is 0 Å². The second-order valence-electron chi connectivity index (χ2n) is 6.64. The summed E-state index contributed by atoms with van der Waals surface area (Å²) in [5, 5.41) is 17.2. The molecule has 7 heteroatoms. The third-order valence-electron chi connectivity index (χ3n) is 3.89. The van der Waals surface area contributed by atoms with E-state index in [4.69, 9.17) is 14.0 Å². The van der Waals surface area contributed by atoms with E-state index in [0.717, 1.165) is 5.56 Å². The van der Waals surface area contributed by atoms with E-state index < -0.39 is 6.10 Å². The highest BCUT2D eigenvalue weighted by atomic mass is 16.5. The zero-order valence-corrected chi connectivity index (χ0v) is 16.0. The third kappa shape index (κ3) is 5.80. The molecule has 0 bridgehead atoms. The van der Waals surface area contributed by atoms with Gasteiger partial charge in [-0.05, 0) is 12.1 Å². The zero-order chi connectivity index (χ0) is 19.8. The van der Waals surface area contributed by atoms with Gasteiger partial charge in [-0.25, -0.2) is 0 Å². The predicted octanol–water partition coefficient (Wildman–Crippen LogP) is 3.05. The Morgan fingerprint density at radius 3 is 2.39 bits per heavy atom. The van der Waals surface area contributed by atoms with Gasteiger partial charge in [0, 0.05) is 18.2 Å². The highest BCUT2D eigenvalue weighted by Gasteiger charge is 2.12. The summed E-state index contributed by atoms with van der Waals surface area (Å²) in [5.74, 6) is 1.99. The highest BCUT2D eigenvalue weighted by Crippen LogP contribution is 2.27. The summed E-state index contributed by atoms with van der Waals surface area (Å²) in [6.45, 7) is 4.80.